The zero-order chi connectivity index (χ0) is 16.4. The van der Waals surface area contributed by atoms with Gasteiger partial charge in [-0.1, -0.05) is 24.3 Å². The molecule has 0 radical (unpaired) electrons. The summed E-state index contributed by atoms with van der Waals surface area (Å²) in [6.07, 6.45) is 1.28. The molecule has 1 unspecified atom stereocenters. The number of nitrogens with zero attached hydrogens (tertiary/aromatic N) is 1. The van der Waals surface area contributed by atoms with Gasteiger partial charge in [0, 0.05) is 26.1 Å². The normalized spacial score (nSPS) is 17.0. The summed E-state index contributed by atoms with van der Waals surface area (Å²) in [7, 11) is 0. The Hall–Kier alpha value is -2.40. The Labute approximate surface area is 134 Å². The summed E-state index contributed by atoms with van der Waals surface area (Å²) in [6, 6.07) is 11.3. The van der Waals surface area contributed by atoms with Crippen molar-refractivity contribution in [1.82, 2.24) is 9.88 Å². The van der Waals surface area contributed by atoms with Crippen molar-refractivity contribution in [3.05, 3.63) is 58.9 Å². The molecule has 5 heteroatoms. The summed E-state index contributed by atoms with van der Waals surface area (Å²) in [5.41, 5.74) is 3.21. The van der Waals surface area contributed by atoms with Gasteiger partial charge in [-0.15, -0.1) is 0 Å². The lowest BCUT2D eigenvalue weighted by Crippen LogP contribution is -2.44. The van der Waals surface area contributed by atoms with E-state index in [1.54, 1.807) is 17.0 Å². The second-order valence-electron chi connectivity index (χ2n) is 5.91. The maximum Gasteiger partial charge on any atom is 0.270 e. The molecule has 1 aromatic carbocycles. The smallest absolute Gasteiger partial charge is 0.270 e. The van der Waals surface area contributed by atoms with E-state index in [2.05, 4.69) is 11.1 Å². The summed E-state index contributed by atoms with van der Waals surface area (Å²) >= 11 is 0. The number of amides is 1. The summed E-state index contributed by atoms with van der Waals surface area (Å²) in [6.45, 7) is 2.03. The Morgan fingerprint density at radius 1 is 1.17 bits per heavy atom. The standard InChI is InChI=1S/C18H20N2O3/c1-12(22)16-6-7-17(19-16)18(23)20-11-14-5-3-2-4-13(14)10-15(20)8-9-21/h2-7,15,19,21H,8-11H2,1H3. The van der Waals surface area contributed by atoms with E-state index in [4.69, 9.17) is 0 Å². The minimum absolute atomic E-state index is 0.0357. The van der Waals surface area contributed by atoms with E-state index in [0.717, 1.165) is 12.0 Å². The first-order valence-corrected chi connectivity index (χ1v) is 7.78. The molecule has 0 saturated carbocycles. The van der Waals surface area contributed by atoms with Gasteiger partial charge in [-0.2, -0.15) is 0 Å². The van der Waals surface area contributed by atoms with Gasteiger partial charge in [0.05, 0.1) is 5.69 Å². The lowest BCUT2D eigenvalue weighted by Gasteiger charge is -2.36. The van der Waals surface area contributed by atoms with Crippen molar-refractivity contribution >= 4 is 11.7 Å². The Bertz CT molecular complexity index is 735. The number of aliphatic hydroxyl groups is 1. The minimum atomic E-state index is -0.134. The predicted molar refractivity (Wildman–Crippen MR) is 86.3 cm³/mol. The molecular weight excluding hydrogens is 292 g/mol. The number of aromatic amines is 1. The summed E-state index contributed by atoms with van der Waals surface area (Å²) in [5, 5.41) is 9.32. The van der Waals surface area contributed by atoms with Crippen molar-refractivity contribution in [2.45, 2.75) is 32.4 Å². The highest BCUT2D eigenvalue weighted by Crippen LogP contribution is 2.26. The molecule has 2 heterocycles. The first-order chi connectivity index (χ1) is 11.1. The van der Waals surface area contributed by atoms with Crippen LogP contribution in [0.15, 0.2) is 36.4 Å². The number of H-pyrrole nitrogens is 1. The average Bonchev–Trinajstić information content (AvgIpc) is 3.04. The zero-order valence-corrected chi connectivity index (χ0v) is 13.1. The van der Waals surface area contributed by atoms with E-state index in [-0.39, 0.29) is 24.3 Å². The van der Waals surface area contributed by atoms with Crippen LogP contribution in [-0.4, -0.2) is 39.3 Å². The molecule has 1 atom stereocenters. The third-order valence-electron chi connectivity index (χ3n) is 4.37. The number of aliphatic hydroxyl groups excluding tert-OH is 1. The van der Waals surface area contributed by atoms with Gasteiger partial charge in [0.15, 0.2) is 5.78 Å². The molecule has 1 aliphatic heterocycles. The zero-order valence-electron chi connectivity index (χ0n) is 13.1. The number of rotatable bonds is 4. The molecule has 5 nitrogen and oxygen atoms in total. The van der Waals surface area contributed by atoms with Crippen molar-refractivity contribution in [2.24, 2.45) is 0 Å². The third kappa shape index (κ3) is 3.05. The molecule has 1 amide bonds. The molecule has 2 aromatic rings. The lowest BCUT2D eigenvalue weighted by atomic mass is 9.92. The number of carbonyl (C=O) groups is 2. The van der Waals surface area contributed by atoms with E-state index in [1.807, 2.05) is 18.2 Å². The number of aromatic nitrogens is 1. The van der Waals surface area contributed by atoms with Crippen molar-refractivity contribution in [1.29, 1.82) is 0 Å². The number of carbonyl (C=O) groups excluding carboxylic acids is 2. The van der Waals surface area contributed by atoms with E-state index in [9.17, 15) is 14.7 Å². The molecule has 1 aromatic heterocycles. The number of fused-ring (bicyclic) bond motifs is 1. The monoisotopic (exact) mass is 312 g/mol. The SMILES string of the molecule is CC(=O)c1ccc(C(=O)N2Cc3ccccc3CC2CCO)[nH]1. The fourth-order valence-electron chi connectivity index (χ4n) is 3.11. The van der Waals surface area contributed by atoms with Crippen LogP contribution in [0.4, 0.5) is 0 Å². The van der Waals surface area contributed by atoms with Crippen LogP contribution in [0.3, 0.4) is 0 Å². The van der Waals surface area contributed by atoms with Crippen molar-refractivity contribution in [2.75, 3.05) is 6.61 Å². The molecule has 3 rings (SSSR count). The van der Waals surface area contributed by atoms with Crippen LogP contribution in [0, 0.1) is 0 Å². The topological polar surface area (TPSA) is 73.4 Å². The van der Waals surface area contributed by atoms with E-state index in [1.165, 1.54) is 12.5 Å². The van der Waals surface area contributed by atoms with Gasteiger partial charge in [-0.25, -0.2) is 0 Å². The van der Waals surface area contributed by atoms with Gasteiger partial charge >= 0.3 is 0 Å². The molecule has 23 heavy (non-hydrogen) atoms. The highest BCUT2D eigenvalue weighted by molar-refractivity contribution is 5.97. The third-order valence-corrected chi connectivity index (χ3v) is 4.37. The Balaban J connectivity index is 1.89. The van der Waals surface area contributed by atoms with Gasteiger partial charge in [-0.3, -0.25) is 9.59 Å². The van der Waals surface area contributed by atoms with Crippen LogP contribution in [0.5, 0.6) is 0 Å². The summed E-state index contributed by atoms with van der Waals surface area (Å²) < 4.78 is 0. The number of hydrogen-bond donors (Lipinski definition) is 2. The van der Waals surface area contributed by atoms with Gasteiger partial charge in [0.2, 0.25) is 0 Å². The molecule has 0 bridgehead atoms. The van der Waals surface area contributed by atoms with Crippen LogP contribution in [-0.2, 0) is 13.0 Å². The Kier molecular flexibility index (Phi) is 4.30. The number of nitrogens with one attached hydrogen (secondary N) is 1. The van der Waals surface area contributed by atoms with Crippen LogP contribution in [0.25, 0.3) is 0 Å². The van der Waals surface area contributed by atoms with Crippen molar-refractivity contribution in [3.8, 4) is 0 Å². The second kappa shape index (κ2) is 6.38. The summed E-state index contributed by atoms with van der Waals surface area (Å²) in [5.74, 6) is -0.231. The summed E-state index contributed by atoms with van der Waals surface area (Å²) in [4.78, 5) is 28.9. The molecule has 2 N–H and O–H groups in total. The van der Waals surface area contributed by atoms with Crippen LogP contribution in [0.1, 0.15) is 45.4 Å². The van der Waals surface area contributed by atoms with Crippen LogP contribution >= 0.6 is 0 Å². The molecule has 0 spiro atoms. The van der Waals surface area contributed by atoms with E-state index < -0.39 is 0 Å². The van der Waals surface area contributed by atoms with Gasteiger partial charge in [0.1, 0.15) is 5.69 Å². The number of Topliss-reactive ketones (excluding diaryl/α,β-unsaturated/α-hetero) is 1. The fourth-order valence-corrected chi connectivity index (χ4v) is 3.11. The van der Waals surface area contributed by atoms with Crippen molar-refractivity contribution < 1.29 is 14.7 Å². The highest BCUT2D eigenvalue weighted by atomic mass is 16.3. The maximum absolute atomic E-state index is 12.8. The molecule has 0 aliphatic carbocycles. The highest BCUT2D eigenvalue weighted by Gasteiger charge is 2.30. The number of ketones is 1. The van der Waals surface area contributed by atoms with Crippen LogP contribution < -0.4 is 0 Å². The van der Waals surface area contributed by atoms with Gasteiger partial charge in [0.25, 0.3) is 5.91 Å². The maximum atomic E-state index is 12.8. The van der Waals surface area contributed by atoms with Gasteiger partial charge in [-0.05, 0) is 36.1 Å². The minimum Gasteiger partial charge on any atom is -0.396 e. The fraction of sp³-hybridized carbons (Fsp3) is 0.333. The molecular formula is C18H20N2O3. The average molecular weight is 312 g/mol. The second-order valence-corrected chi connectivity index (χ2v) is 5.91. The molecule has 120 valence electrons. The number of benzene rings is 1. The molecule has 0 fully saturated rings. The molecule has 1 aliphatic rings. The first kappa shape index (κ1) is 15.5. The number of hydrogen-bond acceptors (Lipinski definition) is 3. The Morgan fingerprint density at radius 3 is 2.52 bits per heavy atom. The predicted octanol–water partition coefficient (Wildman–Crippen LogP) is 2.17. The molecule has 0 saturated heterocycles. The van der Waals surface area contributed by atoms with Crippen molar-refractivity contribution in [3.63, 3.8) is 0 Å². The van der Waals surface area contributed by atoms with Gasteiger partial charge < -0.3 is 15.0 Å². The van der Waals surface area contributed by atoms with E-state index in [0.29, 0.717) is 24.4 Å². The largest absolute Gasteiger partial charge is 0.396 e. The van der Waals surface area contributed by atoms with Crippen LogP contribution in [0.2, 0.25) is 0 Å². The Morgan fingerprint density at radius 2 is 1.87 bits per heavy atom. The van der Waals surface area contributed by atoms with E-state index >= 15 is 0 Å². The quantitative estimate of drug-likeness (QED) is 0.850. The first-order valence-electron chi connectivity index (χ1n) is 7.78. The lowest BCUT2D eigenvalue weighted by molar-refractivity contribution is 0.0601.